The van der Waals surface area contributed by atoms with Crippen molar-refractivity contribution in [2.24, 2.45) is 0 Å². The highest BCUT2D eigenvalue weighted by molar-refractivity contribution is 7.98. The number of nitrogen functional groups attached to an aromatic ring is 1. The molecule has 0 atom stereocenters. The van der Waals surface area contributed by atoms with Crippen molar-refractivity contribution in [1.29, 1.82) is 0 Å². The van der Waals surface area contributed by atoms with Crippen LogP contribution < -0.4 is 11.3 Å². The average molecular weight is 250 g/mol. The predicted octanol–water partition coefficient (Wildman–Crippen LogP) is 1.68. The summed E-state index contributed by atoms with van der Waals surface area (Å²) in [4.78, 5) is 20.4. The minimum absolute atomic E-state index is 0.0372. The summed E-state index contributed by atoms with van der Waals surface area (Å²) in [5, 5.41) is 1.30. The van der Waals surface area contributed by atoms with Crippen LogP contribution in [0.25, 0.3) is 11.0 Å². The highest BCUT2D eigenvalue weighted by Gasteiger charge is 2.11. The lowest BCUT2D eigenvalue weighted by molar-refractivity contribution is 0.593. The van der Waals surface area contributed by atoms with E-state index in [2.05, 4.69) is 9.97 Å². The van der Waals surface area contributed by atoms with E-state index in [-0.39, 0.29) is 11.6 Å². The van der Waals surface area contributed by atoms with Gasteiger partial charge in [0.15, 0.2) is 5.16 Å². The third-order valence-corrected chi connectivity index (χ3v) is 3.04. The quantitative estimate of drug-likeness (QED) is 0.648. The van der Waals surface area contributed by atoms with Gasteiger partial charge in [-0.2, -0.15) is 0 Å². The fourth-order valence-electron chi connectivity index (χ4n) is 1.73. The molecule has 5 nitrogen and oxygen atoms in total. The van der Waals surface area contributed by atoms with Gasteiger partial charge in [0.05, 0.1) is 5.39 Å². The largest absolute Gasteiger partial charge is 0.383 e. The molecular weight excluding hydrogens is 236 g/mol. The van der Waals surface area contributed by atoms with Gasteiger partial charge in [-0.25, -0.2) is 9.97 Å². The summed E-state index contributed by atoms with van der Waals surface area (Å²) in [6.07, 6.45) is 1.88. The van der Waals surface area contributed by atoms with Crippen LogP contribution >= 0.6 is 11.8 Å². The summed E-state index contributed by atoms with van der Waals surface area (Å²) in [5.74, 6) is 0.411. The van der Waals surface area contributed by atoms with Crippen LogP contribution in [0.5, 0.6) is 0 Å². The van der Waals surface area contributed by atoms with Gasteiger partial charge in [0, 0.05) is 12.1 Å². The number of hydrogen-bond acceptors (Lipinski definition) is 5. The van der Waals surface area contributed by atoms with Gasteiger partial charge in [-0.1, -0.05) is 11.8 Å². The Kier molecular flexibility index (Phi) is 3.06. The van der Waals surface area contributed by atoms with Crippen molar-refractivity contribution in [2.45, 2.75) is 25.0 Å². The van der Waals surface area contributed by atoms with Crippen molar-refractivity contribution in [2.75, 3.05) is 12.0 Å². The Morgan fingerprint density at radius 1 is 1.35 bits per heavy atom. The zero-order valence-corrected chi connectivity index (χ0v) is 10.8. The first-order valence-electron chi connectivity index (χ1n) is 5.27. The van der Waals surface area contributed by atoms with Crippen molar-refractivity contribution in [3.8, 4) is 0 Å². The first-order chi connectivity index (χ1) is 8.04. The van der Waals surface area contributed by atoms with Crippen molar-refractivity contribution in [3.05, 3.63) is 22.5 Å². The summed E-state index contributed by atoms with van der Waals surface area (Å²) in [6, 6.07) is 3.21. The number of pyridine rings is 1. The second-order valence-corrected chi connectivity index (χ2v) is 4.74. The maximum Gasteiger partial charge on any atom is 0.252 e. The van der Waals surface area contributed by atoms with E-state index in [4.69, 9.17) is 5.73 Å². The molecule has 0 amide bonds. The van der Waals surface area contributed by atoms with Crippen molar-refractivity contribution < 1.29 is 0 Å². The fraction of sp³-hybridized carbons (Fsp3) is 0.364. The molecule has 0 radical (unpaired) electrons. The molecule has 2 aromatic heterocycles. The minimum atomic E-state index is -0.0716. The van der Waals surface area contributed by atoms with Gasteiger partial charge in [-0.3, -0.25) is 9.36 Å². The van der Waals surface area contributed by atoms with Crippen LogP contribution in [0, 0.1) is 0 Å². The number of rotatable bonds is 2. The van der Waals surface area contributed by atoms with E-state index in [1.807, 2.05) is 20.1 Å². The zero-order chi connectivity index (χ0) is 12.6. The molecule has 2 heterocycles. The van der Waals surface area contributed by atoms with Crippen molar-refractivity contribution in [1.82, 2.24) is 14.5 Å². The number of nitrogens with zero attached hydrogens (tertiary/aromatic N) is 3. The number of hydrogen-bond donors (Lipinski definition) is 1. The van der Waals surface area contributed by atoms with E-state index in [1.165, 1.54) is 17.8 Å². The van der Waals surface area contributed by atoms with Gasteiger partial charge in [0.2, 0.25) is 0 Å². The van der Waals surface area contributed by atoms with E-state index in [0.717, 1.165) is 5.39 Å². The van der Waals surface area contributed by atoms with Crippen molar-refractivity contribution in [3.63, 3.8) is 0 Å². The molecule has 90 valence electrons. The lowest BCUT2D eigenvalue weighted by atomic mass is 10.2. The summed E-state index contributed by atoms with van der Waals surface area (Å²) in [7, 11) is 0. The molecule has 0 bridgehead atoms. The maximum atomic E-state index is 11.8. The normalized spacial score (nSPS) is 11.3. The lowest BCUT2D eigenvalue weighted by Crippen LogP contribution is -2.22. The smallest absolute Gasteiger partial charge is 0.252 e. The molecule has 0 fully saturated rings. The molecule has 0 aliphatic rings. The van der Waals surface area contributed by atoms with Gasteiger partial charge in [-0.15, -0.1) is 0 Å². The number of nitrogens with two attached hydrogens (primary N) is 1. The summed E-state index contributed by atoms with van der Waals surface area (Å²) in [6.45, 7) is 3.88. The van der Waals surface area contributed by atoms with E-state index in [9.17, 15) is 4.79 Å². The van der Waals surface area contributed by atoms with E-state index >= 15 is 0 Å². The number of thioether (sulfide) groups is 1. The predicted molar refractivity (Wildman–Crippen MR) is 70.4 cm³/mol. The molecule has 6 heteroatoms. The zero-order valence-electron chi connectivity index (χ0n) is 9.97. The van der Waals surface area contributed by atoms with Crippen LogP contribution in [0.4, 0.5) is 5.82 Å². The molecule has 0 unspecified atom stereocenters. The average Bonchev–Trinajstić information content (AvgIpc) is 2.27. The molecule has 17 heavy (non-hydrogen) atoms. The summed E-state index contributed by atoms with van der Waals surface area (Å²) >= 11 is 1.41. The first-order valence-corrected chi connectivity index (χ1v) is 6.50. The van der Waals surface area contributed by atoms with Gasteiger partial charge in [0.1, 0.15) is 11.5 Å². The molecular formula is C11H14N4OS. The Bertz CT molecular complexity index is 621. The third-order valence-electron chi connectivity index (χ3n) is 2.49. The Morgan fingerprint density at radius 2 is 2.06 bits per heavy atom. The Morgan fingerprint density at radius 3 is 2.65 bits per heavy atom. The van der Waals surface area contributed by atoms with Gasteiger partial charge < -0.3 is 5.73 Å². The molecule has 0 aromatic carbocycles. The highest BCUT2D eigenvalue weighted by Crippen LogP contribution is 2.21. The van der Waals surface area contributed by atoms with Crippen LogP contribution in [-0.2, 0) is 0 Å². The maximum absolute atomic E-state index is 11.8. The van der Waals surface area contributed by atoms with E-state index in [0.29, 0.717) is 16.6 Å². The standard InChI is InChI=1S/C11H14N4OS/c1-6(2)15-8(16)5-4-7-9(12)13-11(17-3)14-10(7)15/h4-6H,1-3H3,(H2,12,13,14). The molecule has 2 aromatic rings. The Labute approximate surface area is 103 Å². The molecule has 2 N–H and O–H groups in total. The minimum Gasteiger partial charge on any atom is -0.383 e. The Balaban J connectivity index is 2.92. The SMILES string of the molecule is CSc1nc(N)c2ccc(=O)n(C(C)C)c2n1. The van der Waals surface area contributed by atoms with Crippen LogP contribution in [0.3, 0.4) is 0 Å². The van der Waals surface area contributed by atoms with Crippen LogP contribution in [0.15, 0.2) is 22.1 Å². The number of anilines is 1. The summed E-state index contributed by atoms with van der Waals surface area (Å²) in [5.41, 5.74) is 6.40. The van der Waals surface area contributed by atoms with Crippen LogP contribution in [0.2, 0.25) is 0 Å². The molecule has 0 spiro atoms. The second kappa shape index (κ2) is 4.37. The van der Waals surface area contributed by atoms with Crippen LogP contribution in [0.1, 0.15) is 19.9 Å². The molecule has 0 saturated heterocycles. The van der Waals surface area contributed by atoms with E-state index in [1.54, 1.807) is 10.6 Å². The number of fused-ring (bicyclic) bond motifs is 1. The molecule has 0 saturated carbocycles. The molecule has 0 aliphatic carbocycles. The summed E-state index contributed by atoms with van der Waals surface area (Å²) < 4.78 is 1.63. The van der Waals surface area contributed by atoms with Crippen molar-refractivity contribution >= 4 is 28.6 Å². The second-order valence-electron chi connectivity index (χ2n) is 3.97. The van der Waals surface area contributed by atoms with Gasteiger partial charge in [-0.05, 0) is 26.2 Å². The molecule has 2 rings (SSSR count). The lowest BCUT2D eigenvalue weighted by Gasteiger charge is -2.13. The third kappa shape index (κ3) is 2.00. The Hall–Kier alpha value is -1.56. The topological polar surface area (TPSA) is 73.8 Å². The fourth-order valence-corrected chi connectivity index (χ4v) is 2.09. The highest BCUT2D eigenvalue weighted by atomic mass is 32.2. The molecule has 0 aliphatic heterocycles. The monoisotopic (exact) mass is 250 g/mol. The van der Waals surface area contributed by atoms with Crippen LogP contribution in [-0.4, -0.2) is 20.8 Å². The van der Waals surface area contributed by atoms with Gasteiger partial charge in [0.25, 0.3) is 5.56 Å². The first kappa shape index (κ1) is 11.9. The number of aromatic nitrogens is 3. The van der Waals surface area contributed by atoms with Gasteiger partial charge >= 0.3 is 0 Å². The van der Waals surface area contributed by atoms with E-state index < -0.39 is 0 Å².